The number of aryl methyl sites for hydroxylation is 2. The highest BCUT2D eigenvalue weighted by Gasteiger charge is 2.21. The molecule has 2 heterocycles. The molecular formula is C15H28N6. The molecule has 0 saturated heterocycles. The van der Waals surface area contributed by atoms with E-state index < -0.39 is 0 Å². The van der Waals surface area contributed by atoms with Gasteiger partial charge < -0.3 is 10.6 Å². The van der Waals surface area contributed by atoms with Crippen molar-refractivity contribution in [3.63, 3.8) is 0 Å². The van der Waals surface area contributed by atoms with Crippen LogP contribution in [0.3, 0.4) is 0 Å². The second-order valence-electron chi connectivity index (χ2n) is 5.77. The van der Waals surface area contributed by atoms with Crippen LogP contribution >= 0.6 is 0 Å². The van der Waals surface area contributed by atoms with Gasteiger partial charge in [0.25, 0.3) is 0 Å². The van der Waals surface area contributed by atoms with E-state index in [0.29, 0.717) is 12.0 Å². The van der Waals surface area contributed by atoms with Gasteiger partial charge in [0.2, 0.25) is 0 Å². The number of fused-ring (bicyclic) bond motifs is 1. The van der Waals surface area contributed by atoms with Gasteiger partial charge in [-0.3, -0.25) is 4.99 Å². The second-order valence-corrected chi connectivity index (χ2v) is 5.77. The van der Waals surface area contributed by atoms with Gasteiger partial charge in [-0.1, -0.05) is 26.7 Å². The second kappa shape index (κ2) is 7.43. The number of nitrogens with zero attached hydrogens (tertiary/aromatic N) is 4. The van der Waals surface area contributed by atoms with Crippen LogP contribution in [0.2, 0.25) is 0 Å². The summed E-state index contributed by atoms with van der Waals surface area (Å²) in [5.41, 5.74) is 0. The predicted octanol–water partition coefficient (Wildman–Crippen LogP) is 1.50. The number of hydrogen-bond acceptors (Lipinski definition) is 3. The molecule has 118 valence electrons. The van der Waals surface area contributed by atoms with Gasteiger partial charge in [-0.25, -0.2) is 9.67 Å². The van der Waals surface area contributed by atoms with Gasteiger partial charge in [0.15, 0.2) is 5.96 Å². The largest absolute Gasteiger partial charge is 0.356 e. The zero-order valence-electron chi connectivity index (χ0n) is 13.7. The topological polar surface area (TPSA) is 67.1 Å². The molecule has 1 atom stereocenters. The van der Waals surface area contributed by atoms with Crippen LogP contribution < -0.4 is 10.6 Å². The highest BCUT2D eigenvalue weighted by atomic mass is 15.4. The molecule has 0 aromatic carbocycles. The quantitative estimate of drug-likeness (QED) is 0.637. The molecule has 21 heavy (non-hydrogen) atoms. The van der Waals surface area contributed by atoms with E-state index in [0.717, 1.165) is 43.5 Å². The minimum absolute atomic E-state index is 0.367. The number of aliphatic imine (C=N–C) groups is 1. The van der Waals surface area contributed by atoms with E-state index in [-0.39, 0.29) is 0 Å². The molecule has 0 radical (unpaired) electrons. The van der Waals surface area contributed by atoms with E-state index in [1.165, 1.54) is 12.8 Å². The van der Waals surface area contributed by atoms with Crippen molar-refractivity contribution in [1.82, 2.24) is 25.4 Å². The summed E-state index contributed by atoms with van der Waals surface area (Å²) >= 11 is 0. The van der Waals surface area contributed by atoms with Crippen molar-refractivity contribution in [3.8, 4) is 0 Å². The first-order valence-electron chi connectivity index (χ1n) is 8.03. The fraction of sp³-hybridized carbons (Fsp3) is 0.800. The van der Waals surface area contributed by atoms with Crippen LogP contribution in [-0.4, -0.2) is 40.4 Å². The molecule has 0 aliphatic carbocycles. The molecular weight excluding hydrogens is 264 g/mol. The monoisotopic (exact) mass is 292 g/mol. The summed E-state index contributed by atoms with van der Waals surface area (Å²) in [5.74, 6) is 3.57. The lowest BCUT2D eigenvalue weighted by Crippen LogP contribution is -2.48. The van der Waals surface area contributed by atoms with Gasteiger partial charge in [-0.2, -0.15) is 5.10 Å². The highest BCUT2D eigenvalue weighted by Crippen LogP contribution is 2.12. The zero-order valence-corrected chi connectivity index (χ0v) is 13.7. The van der Waals surface area contributed by atoms with E-state index >= 15 is 0 Å². The highest BCUT2D eigenvalue weighted by molar-refractivity contribution is 5.79. The number of rotatable bonds is 5. The fourth-order valence-electron chi connectivity index (χ4n) is 2.76. The summed E-state index contributed by atoms with van der Waals surface area (Å²) in [4.78, 5) is 8.78. The van der Waals surface area contributed by atoms with Crippen molar-refractivity contribution in [2.75, 3.05) is 13.6 Å². The lowest BCUT2D eigenvalue weighted by atomic mass is 10.0. The minimum atomic E-state index is 0.367. The molecule has 1 aromatic rings. The molecule has 1 aromatic heterocycles. The molecule has 0 saturated carbocycles. The normalized spacial score (nSPS) is 18.7. The fourth-order valence-corrected chi connectivity index (χ4v) is 2.76. The van der Waals surface area contributed by atoms with Gasteiger partial charge in [-0.05, 0) is 19.3 Å². The average Bonchev–Trinajstić information content (AvgIpc) is 2.86. The van der Waals surface area contributed by atoms with E-state index in [1.54, 1.807) is 0 Å². The Morgan fingerprint density at radius 2 is 2.19 bits per heavy atom. The zero-order chi connectivity index (χ0) is 15.2. The average molecular weight is 292 g/mol. The van der Waals surface area contributed by atoms with E-state index in [4.69, 9.17) is 0 Å². The maximum absolute atomic E-state index is 4.44. The van der Waals surface area contributed by atoms with Crippen molar-refractivity contribution in [1.29, 1.82) is 0 Å². The smallest absolute Gasteiger partial charge is 0.191 e. The third kappa shape index (κ3) is 4.19. The van der Waals surface area contributed by atoms with Crippen molar-refractivity contribution in [3.05, 3.63) is 11.6 Å². The van der Waals surface area contributed by atoms with Crippen LogP contribution in [0.25, 0.3) is 0 Å². The van der Waals surface area contributed by atoms with Crippen molar-refractivity contribution < 1.29 is 0 Å². The van der Waals surface area contributed by atoms with Gasteiger partial charge in [0.05, 0.1) is 6.54 Å². The van der Waals surface area contributed by atoms with Crippen LogP contribution in [0, 0.1) is 12.8 Å². The van der Waals surface area contributed by atoms with Crippen molar-refractivity contribution in [2.24, 2.45) is 10.9 Å². The van der Waals surface area contributed by atoms with E-state index in [9.17, 15) is 0 Å². The number of nitrogens with one attached hydrogen (secondary N) is 2. The molecule has 6 nitrogen and oxygen atoms in total. The lowest BCUT2D eigenvalue weighted by molar-refractivity contribution is 0.390. The van der Waals surface area contributed by atoms with Crippen LogP contribution in [0.4, 0.5) is 0 Å². The van der Waals surface area contributed by atoms with Crippen LogP contribution in [-0.2, 0) is 13.0 Å². The van der Waals surface area contributed by atoms with E-state index in [1.807, 2.05) is 18.7 Å². The first kappa shape index (κ1) is 15.8. The molecule has 0 fully saturated rings. The third-order valence-corrected chi connectivity index (χ3v) is 4.24. The van der Waals surface area contributed by atoms with Crippen LogP contribution in [0.15, 0.2) is 4.99 Å². The summed E-state index contributed by atoms with van der Waals surface area (Å²) in [6.07, 6.45) is 4.45. The molecule has 0 spiro atoms. The SMILES string of the molecule is CCC(CC)CNC(=NC)NC1CCc2nc(C)nn2C1. The Bertz CT molecular complexity index is 475. The first-order chi connectivity index (χ1) is 10.2. The van der Waals surface area contributed by atoms with Gasteiger partial charge >= 0.3 is 0 Å². The predicted molar refractivity (Wildman–Crippen MR) is 85.4 cm³/mol. The van der Waals surface area contributed by atoms with Crippen LogP contribution in [0.5, 0.6) is 0 Å². The van der Waals surface area contributed by atoms with Gasteiger partial charge in [0.1, 0.15) is 11.6 Å². The molecule has 0 bridgehead atoms. The summed E-state index contributed by atoms with van der Waals surface area (Å²) in [5, 5.41) is 11.4. The Hall–Kier alpha value is -1.59. The van der Waals surface area contributed by atoms with Gasteiger partial charge in [-0.15, -0.1) is 0 Å². The molecule has 1 aliphatic heterocycles. The minimum Gasteiger partial charge on any atom is -0.356 e. The number of hydrogen-bond donors (Lipinski definition) is 2. The molecule has 2 rings (SSSR count). The Labute approximate surface area is 127 Å². The summed E-state index contributed by atoms with van der Waals surface area (Å²) in [6, 6.07) is 0.367. The molecule has 1 unspecified atom stereocenters. The molecule has 2 N–H and O–H groups in total. The van der Waals surface area contributed by atoms with E-state index in [2.05, 4.69) is 39.6 Å². The Kier molecular flexibility index (Phi) is 5.59. The Morgan fingerprint density at radius 3 is 2.86 bits per heavy atom. The Morgan fingerprint density at radius 1 is 1.43 bits per heavy atom. The van der Waals surface area contributed by atoms with Crippen molar-refractivity contribution in [2.45, 2.75) is 59.0 Å². The van der Waals surface area contributed by atoms with Crippen molar-refractivity contribution >= 4 is 5.96 Å². The summed E-state index contributed by atoms with van der Waals surface area (Å²) in [6.45, 7) is 8.27. The van der Waals surface area contributed by atoms with Gasteiger partial charge in [0, 0.05) is 26.1 Å². The lowest BCUT2D eigenvalue weighted by Gasteiger charge is -2.26. The maximum atomic E-state index is 4.44. The number of aromatic nitrogens is 3. The molecule has 0 amide bonds. The third-order valence-electron chi connectivity index (χ3n) is 4.24. The standard InChI is InChI=1S/C15H28N6/c1-5-12(6-2)9-17-15(16-4)19-13-7-8-14-18-11(3)20-21(14)10-13/h12-13H,5-10H2,1-4H3,(H2,16,17,19). The first-order valence-corrected chi connectivity index (χ1v) is 8.03. The maximum Gasteiger partial charge on any atom is 0.191 e. The summed E-state index contributed by atoms with van der Waals surface area (Å²) < 4.78 is 2.02. The molecule has 6 heteroatoms. The van der Waals surface area contributed by atoms with Crippen LogP contribution in [0.1, 0.15) is 44.8 Å². The molecule has 1 aliphatic rings. The summed E-state index contributed by atoms with van der Waals surface area (Å²) in [7, 11) is 1.83. The Balaban J connectivity index is 1.86. The number of guanidine groups is 1.